The van der Waals surface area contributed by atoms with E-state index in [4.69, 9.17) is 5.11 Å². The summed E-state index contributed by atoms with van der Waals surface area (Å²) < 4.78 is 0. The lowest BCUT2D eigenvalue weighted by atomic mass is 9.96. The number of nitrogens with zero attached hydrogens (tertiary/aromatic N) is 1. The van der Waals surface area contributed by atoms with E-state index in [1.807, 2.05) is 0 Å². The number of halogens is 1. The molecule has 3 nitrogen and oxygen atoms in total. The van der Waals surface area contributed by atoms with Gasteiger partial charge in [0.15, 0.2) is 0 Å². The van der Waals surface area contributed by atoms with Gasteiger partial charge in [-0.2, -0.15) is 0 Å². The third-order valence-electron chi connectivity index (χ3n) is 3.93. The van der Waals surface area contributed by atoms with E-state index in [-0.39, 0.29) is 18.3 Å². The summed E-state index contributed by atoms with van der Waals surface area (Å²) in [6, 6.07) is 0. The molecule has 0 radical (unpaired) electrons. The minimum atomic E-state index is -0.601. The van der Waals surface area contributed by atoms with Gasteiger partial charge in [-0.15, -0.1) is 12.4 Å². The Morgan fingerprint density at radius 1 is 1.12 bits per heavy atom. The summed E-state index contributed by atoms with van der Waals surface area (Å²) in [5, 5.41) is 8.89. The number of hydrogen-bond donors (Lipinski definition) is 1. The van der Waals surface area contributed by atoms with E-state index in [2.05, 4.69) is 4.90 Å². The third kappa shape index (κ3) is 3.63. The van der Waals surface area contributed by atoms with Crippen molar-refractivity contribution in [1.82, 2.24) is 4.90 Å². The van der Waals surface area contributed by atoms with Gasteiger partial charge < -0.3 is 10.0 Å². The second kappa shape index (κ2) is 6.45. The molecule has 0 bridgehead atoms. The summed E-state index contributed by atoms with van der Waals surface area (Å²) in [6.45, 7) is 3.20. The predicted octanol–water partition coefficient (Wildman–Crippen LogP) is 2.40. The van der Waals surface area contributed by atoms with E-state index < -0.39 is 5.97 Å². The Kier molecular flexibility index (Phi) is 5.56. The van der Waals surface area contributed by atoms with Crippen LogP contribution in [-0.4, -0.2) is 35.6 Å². The van der Waals surface area contributed by atoms with Gasteiger partial charge in [-0.3, -0.25) is 4.79 Å². The highest BCUT2D eigenvalue weighted by Gasteiger charge is 2.26. The fraction of sp³-hybridized carbons (Fsp3) is 0.917. The number of carboxylic acid groups (broad SMARTS) is 1. The lowest BCUT2D eigenvalue weighted by Gasteiger charge is -2.31. The van der Waals surface area contributed by atoms with Crippen molar-refractivity contribution in [2.45, 2.75) is 38.5 Å². The number of aliphatic carboxylic acids is 1. The van der Waals surface area contributed by atoms with Gasteiger partial charge in [0, 0.05) is 6.54 Å². The normalized spacial score (nSPS) is 24.2. The molecule has 94 valence electrons. The van der Waals surface area contributed by atoms with Crippen LogP contribution in [0.5, 0.6) is 0 Å². The summed E-state index contributed by atoms with van der Waals surface area (Å²) in [7, 11) is 0. The van der Waals surface area contributed by atoms with E-state index >= 15 is 0 Å². The van der Waals surface area contributed by atoms with Crippen LogP contribution in [0.1, 0.15) is 38.5 Å². The zero-order valence-corrected chi connectivity index (χ0v) is 10.5. The van der Waals surface area contributed by atoms with Crippen molar-refractivity contribution in [3.8, 4) is 0 Å². The standard InChI is InChI=1S/C12H21NO2.ClH/c14-12(15)11-5-7-13(8-6-11)9-10-3-1-2-4-10;/h10-11H,1-9H2,(H,14,15);1H. The largest absolute Gasteiger partial charge is 0.481 e. The van der Waals surface area contributed by atoms with E-state index in [0.717, 1.165) is 31.8 Å². The summed E-state index contributed by atoms with van der Waals surface area (Å²) in [6.07, 6.45) is 7.27. The van der Waals surface area contributed by atoms with E-state index in [0.29, 0.717) is 0 Å². The molecule has 0 aromatic heterocycles. The maximum Gasteiger partial charge on any atom is 0.306 e. The van der Waals surface area contributed by atoms with Crippen molar-refractivity contribution < 1.29 is 9.90 Å². The van der Waals surface area contributed by atoms with Crippen LogP contribution in [0.2, 0.25) is 0 Å². The minimum absolute atomic E-state index is 0. The molecule has 2 rings (SSSR count). The molecular formula is C12H22ClNO2. The first-order valence-corrected chi connectivity index (χ1v) is 6.21. The molecule has 1 saturated heterocycles. The molecule has 1 N–H and O–H groups in total. The average Bonchev–Trinajstić information content (AvgIpc) is 2.71. The van der Waals surface area contributed by atoms with Gasteiger partial charge in [0.25, 0.3) is 0 Å². The maximum atomic E-state index is 10.8. The topological polar surface area (TPSA) is 40.5 Å². The van der Waals surface area contributed by atoms with Gasteiger partial charge in [-0.05, 0) is 44.7 Å². The first-order chi connectivity index (χ1) is 7.25. The monoisotopic (exact) mass is 247 g/mol. The molecular weight excluding hydrogens is 226 g/mol. The molecule has 0 aromatic rings. The molecule has 0 aromatic carbocycles. The summed E-state index contributed by atoms with van der Waals surface area (Å²) in [4.78, 5) is 13.3. The first kappa shape index (κ1) is 13.8. The van der Waals surface area contributed by atoms with Gasteiger partial charge >= 0.3 is 5.97 Å². The smallest absolute Gasteiger partial charge is 0.306 e. The molecule has 0 spiro atoms. The molecule has 16 heavy (non-hydrogen) atoms. The maximum absolute atomic E-state index is 10.8. The average molecular weight is 248 g/mol. The quantitative estimate of drug-likeness (QED) is 0.833. The highest BCUT2D eigenvalue weighted by molar-refractivity contribution is 5.85. The molecule has 1 saturated carbocycles. The van der Waals surface area contributed by atoms with Crippen LogP contribution in [0.4, 0.5) is 0 Å². The Hall–Kier alpha value is -0.280. The lowest BCUT2D eigenvalue weighted by molar-refractivity contribution is -0.143. The molecule has 0 amide bonds. The van der Waals surface area contributed by atoms with Gasteiger partial charge in [0.05, 0.1) is 5.92 Å². The van der Waals surface area contributed by atoms with E-state index in [1.165, 1.54) is 32.2 Å². The molecule has 1 aliphatic heterocycles. The van der Waals surface area contributed by atoms with Crippen LogP contribution < -0.4 is 0 Å². The van der Waals surface area contributed by atoms with Crippen molar-refractivity contribution in [3.05, 3.63) is 0 Å². The van der Waals surface area contributed by atoms with Crippen LogP contribution in [0.3, 0.4) is 0 Å². The van der Waals surface area contributed by atoms with Gasteiger partial charge in [-0.25, -0.2) is 0 Å². The van der Waals surface area contributed by atoms with Crippen molar-refractivity contribution in [2.24, 2.45) is 11.8 Å². The summed E-state index contributed by atoms with van der Waals surface area (Å²) >= 11 is 0. The number of rotatable bonds is 3. The zero-order valence-electron chi connectivity index (χ0n) is 9.73. The third-order valence-corrected chi connectivity index (χ3v) is 3.93. The van der Waals surface area contributed by atoms with E-state index in [9.17, 15) is 4.79 Å². The number of carbonyl (C=O) groups is 1. The summed E-state index contributed by atoms with van der Waals surface area (Å²) in [5.74, 6) is 0.215. The Bertz CT molecular complexity index is 221. The van der Waals surface area contributed by atoms with E-state index in [1.54, 1.807) is 0 Å². The molecule has 4 heteroatoms. The minimum Gasteiger partial charge on any atom is -0.481 e. The number of piperidine rings is 1. The molecule has 1 aliphatic carbocycles. The van der Waals surface area contributed by atoms with Gasteiger partial charge in [0.2, 0.25) is 0 Å². The van der Waals surface area contributed by atoms with Crippen LogP contribution >= 0.6 is 12.4 Å². The van der Waals surface area contributed by atoms with Crippen LogP contribution in [0.25, 0.3) is 0 Å². The first-order valence-electron chi connectivity index (χ1n) is 6.21. The van der Waals surface area contributed by atoms with Gasteiger partial charge in [-0.1, -0.05) is 12.8 Å². The highest BCUT2D eigenvalue weighted by Crippen LogP contribution is 2.27. The fourth-order valence-electron chi connectivity index (χ4n) is 2.92. The Morgan fingerprint density at radius 3 is 2.19 bits per heavy atom. The highest BCUT2D eigenvalue weighted by atomic mass is 35.5. The number of likely N-dealkylation sites (tertiary alicyclic amines) is 1. The predicted molar refractivity (Wildman–Crippen MR) is 66.0 cm³/mol. The number of carboxylic acids is 1. The van der Waals surface area contributed by atoms with Crippen LogP contribution in [0, 0.1) is 11.8 Å². The molecule has 2 fully saturated rings. The van der Waals surface area contributed by atoms with Crippen molar-refractivity contribution in [1.29, 1.82) is 0 Å². The Balaban J connectivity index is 0.00000128. The number of hydrogen-bond acceptors (Lipinski definition) is 2. The van der Waals surface area contributed by atoms with Crippen molar-refractivity contribution in [3.63, 3.8) is 0 Å². The SMILES string of the molecule is Cl.O=C(O)C1CCN(CC2CCCC2)CC1. The zero-order chi connectivity index (χ0) is 10.7. The van der Waals surface area contributed by atoms with Crippen molar-refractivity contribution >= 4 is 18.4 Å². The van der Waals surface area contributed by atoms with Crippen LogP contribution in [0.15, 0.2) is 0 Å². The van der Waals surface area contributed by atoms with Crippen molar-refractivity contribution in [2.75, 3.05) is 19.6 Å². The Labute approximate surface area is 104 Å². The second-order valence-corrected chi connectivity index (χ2v) is 5.06. The second-order valence-electron chi connectivity index (χ2n) is 5.06. The molecule has 2 aliphatic rings. The fourth-order valence-corrected chi connectivity index (χ4v) is 2.92. The molecule has 1 heterocycles. The Morgan fingerprint density at radius 2 is 1.69 bits per heavy atom. The van der Waals surface area contributed by atoms with Crippen LogP contribution in [-0.2, 0) is 4.79 Å². The lowest BCUT2D eigenvalue weighted by Crippen LogP contribution is -2.38. The summed E-state index contributed by atoms with van der Waals surface area (Å²) in [5.41, 5.74) is 0. The molecule has 0 atom stereocenters. The van der Waals surface area contributed by atoms with Gasteiger partial charge in [0.1, 0.15) is 0 Å². The molecule has 0 unspecified atom stereocenters.